The molecule has 1 aromatic heterocycles. The monoisotopic (exact) mass is 390 g/mol. The zero-order valence-corrected chi connectivity index (χ0v) is 15.7. The van der Waals surface area contributed by atoms with Crippen LogP contribution in [0.2, 0.25) is 0 Å². The van der Waals surface area contributed by atoms with Crippen LogP contribution in [-0.4, -0.2) is 67.9 Å². The van der Waals surface area contributed by atoms with Gasteiger partial charge in [-0.15, -0.1) is 5.10 Å². The number of nitrogens with one attached hydrogen (secondary N) is 1. The van der Waals surface area contributed by atoms with Crippen LogP contribution in [0.4, 0.5) is 0 Å². The fraction of sp³-hybridized carbons (Fsp3) is 0.550. The highest BCUT2D eigenvalue weighted by Gasteiger charge is 2.45. The fourth-order valence-corrected chi connectivity index (χ4v) is 3.54. The van der Waals surface area contributed by atoms with Crippen LogP contribution in [0.25, 0.3) is 0 Å². The molecule has 0 amide bonds. The average molecular weight is 390 g/mol. The SMILES string of the molecule is Cc1[nH]nc(OC2O[C@H](CO)[C@@H](O)[C@H](O)[C@H]2O)c1Cc1ccc(C2CC2)cc1. The minimum Gasteiger partial charge on any atom is -0.443 e. The highest BCUT2D eigenvalue weighted by Crippen LogP contribution is 2.40. The predicted molar refractivity (Wildman–Crippen MR) is 98.9 cm³/mol. The number of aromatic nitrogens is 2. The molecule has 5 atom stereocenters. The number of aromatic amines is 1. The van der Waals surface area contributed by atoms with Crippen LogP contribution in [-0.2, 0) is 11.2 Å². The molecular weight excluding hydrogens is 364 g/mol. The van der Waals surface area contributed by atoms with Crippen molar-refractivity contribution >= 4 is 0 Å². The topological polar surface area (TPSA) is 128 Å². The van der Waals surface area contributed by atoms with Crippen LogP contribution in [0, 0.1) is 6.92 Å². The van der Waals surface area contributed by atoms with Crippen LogP contribution in [0.1, 0.15) is 41.1 Å². The van der Waals surface area contributed by atoms with Crippen molar-refractivity contribution in [3.8, 4) is 5.88 Å². The highest BCUT2D eigenvalue weighted by atomic mass is 16.7. The van der Waals surface area contributed by atoms with Crippen molar-refractivity contribution in [3.63, 3.8) is 0 Å². The van der Waals surface area contributed by atoms with E-state index in [2.05, 4.69) is 34.5 Å². The standard InChI is InChI=1S/C20H26N2O6/c1-10-14(8-11-2-4-12(5-3-11)13-6-7-13)19(22-21-10)28-20-18(26)17(25)16(24)15(9-23)27-20/h2-5,13,15-18,20,23-26H,6-9H2,1H3,(H,21,22)/t15-,16-,17+,18-,20?/m1/s1. The highest BCUT2D eigenvalue weighted by molar-refractivity contribution is 5.37. The number of H-pyrrole nitrogens is 1. The van der Waals surface area contributed by atoms with Crippen LogP contribution in [0.15, 0.2) is 24.3 Å². The number of benzene rings is 1. The molecule has 8 nitrogen and oxygen atoms in total. The number of hydrogen-bond donors (Lipinski definition) is 5. The molecule has 1 unspecified atom stereocenters. The van der Waals surface area contributed by atoms with Gasteiger partial charge in [-0.1, -0.05) is 24.3 Å². The second-order valence-electron chi connectivity index (χ2n) is 7.64. The summed E-state index contributed by atoms with van der Waals surface area (Å²) in [7, 11) is 0. The third-order valence-electron chi connectivity index (χ3n) is 5.52. The van der Waals surface area contributed by atoms with Crippen LogP contribution in [0.5, 0.6) is 5.88 Å². The summed E-state index contributed by atoms with van der Waals surface area (Å²) in [6, 6.07) is 8.50. The smallest absolute Gasteiger partial charge is 0.238 e. The molecule has 2 aliphatic rings. The first-order valence-corrected chi connectivity index (χ1v) is 9.57. The maximum Gasteiger partial charge on any atom is 0.238 e. The van der Waals surface area contributed by atoms with Gasteiger partial charge < -0.3 is 29.9 Å². The molecule has 0 radical (unpaired) electrons. The first-order valence-electron chi connectivity index (χ1n) is 9.57. The van der Waals surface area contributed by atoms with Crippen LogP contribution in [0.3, 0.4) is 0 Å². The normalized spacial score (nSPS) is 30.4. The van der Waals surface area contributed by atoms with E-state index in [9.17, 15) is 20.4 Å². The Morgan fingerprint density at radius 3 is 2.46 bits per heavy atom. The van der Waals surface area contributed by atoms with E-state index in [1.807, 2.05) is 6.92 Å². The summed E-state index contributed by atoms with van der Waals surface area (Å²) in [5.74, 6) is 0.961. The lowest BCUT2D eigenvalue weighted by Gasteiger charge is -2.39. The van der Waals surface area contributed by atoms with Crippen molar-refractivity contribution < 1.29 is 29.9 Å². The first kappa shape index (κ1) is 19.4. The molecule has 1 saturated carbocycles. The quantitative estimate of drug-likeness (QED) is 0.482. The van der Waals surface area contributed by atoms with Gasteiger partial charge in [0.05, 0.1) is 6.61 Å². The molecule has 2 fully saturated rings. The molecule has 0 bridgehead atoms. The van der Waals surface area contributed by atoms with Crippen molar-refractivity contribution in [1.29, 1.82) is 0 Å². The van der Waals surface area contributed by atoms with Gasteiger partial charge in [0.15, 0.2) is 0 Å². The van der Waals surface area contributed by atoms with Gasteiger partial charge in [0.25, 0.3) is 0 Å². The van der Waals surface area contributed by atoms with Crippen molar-refractivity contribution in [1.82, 2.24) is 10.2 Å². The van der Waals surface area contributed by atoms with Crippen molar-refractivity contribution in [2.45, 2.75) is 62.8 Å². The van der Waals surface area contributed by atoms with E-state index < -0.39 is 37.3 Å². The molecule has 0 spiro atoms. The second kappa shape index (κ2) is 7.81. The number of aliphatic hydroxyl groups excluding tert-OH is 4. The lowest BCUT2D eigenvalue weighted by molar-refractivity contribution is -0.278. The van der Waals surface area contributed by atoms with E-state index >= 15 is 0 Å². The largest absolute Gasteiger partial charge is 0.443 e. The Kier molecular flexibility index (Phi) is 5.39. The maximum absolute atomic E-state index is 10.2. The number of nitrogens with zero attached hydrogens (tertiary/aromatic N) is 1. The predicted octanol–water partition coefficient (Wildman–Crippen LogP) is 0.365. The van der Waals surface area contributed by atoms with Crippen LogP contribution < -0.4 is 4.74 Å². The van der Waals surface area contributed by atoms with Gasteiger partial charge in [-0.3, -0.25) is 5.10 Å². The minimum atomic E-state index is -1.49. The molecule has 2 aromatic rings. The zero-order valence-electron chi connectivity index (χ0n) is 15.7. The van der Waals surface area contributed by atoms with Crippen LogP contribution >= 0.6 is 0 Å². The van der Waals surface area contributed by atoms with E-state index in [0.717, 1.165) is 16.8 Å². The number of aliphatic hydroxyl groups is 4. The van der Waals surface area contributed by atoms with E-state index in [0.29, 0.717) is 12.3 Å². The van der Waals surface area contributed by atoms with Gasteiger partial charge in [-0.05, 0) is 36.8 Å². The fourth-order valence-electron chi connectivity index (χ4n) is 3.54. The van der Waals surface area contributed by atoms with E-state index in [1.165, 1.54) is 18.4 Å². The van der Waals surface area contributed by atoms with Crippen molar-refractivity contribution in [2.24, 2.45) is 0 Å². The molecule has 152 valence electrons. The minimum absolute atomic E-state index is 0.257. The number of rotatable bonds is 6. The molecule has 2 heterocycles. The molecule has 1 aliphatic heterocycles. The van der Waals surface area contributed by atoms with Gasteiger partial charge in [0, 0.05) is 17.7 Å². The molecule has 28 heavy (non-hydrogen) atoms. The first-order chi connectivity index (χ1) is 13.5. The van der Waals surface area contributed by atoms with Gasteiger partial charge in [0.2, 0.25) is 12.2 Å². The Balaban J connectivity index is 1.49. The van der Waals surface area contributed by atoms with Gasteiger partial charge in [-0.25, -0.2) is 0 Å². The third-order valence-corrected chi connectivity index (χ3v) is 5.52. The Labute approximate surface area is 162 Å². The van der Waals surface area contributed by atoms with E-state index in [4.69, 9.17) is 9.47 Å². The molecule has 1 saturated heterocycles. The molecule has 1 aliphatic carbocycles. The summed E-state index contributed by atoms with van der Waals surface area (Å²) in [6.07, 6.45) is -3.56. The van der Waals surface area contributed by atoms with Gasteiger partial charge >= 0.3 is 0 Å². The number of hydrogen-bond acceptors (Lipinski definition) is 7. The molecule has 8 heteroatoms. The third kappa shape index (κ3) is 3.78. The van der Waals surface area contributed by atoms with Gasteiger partial charge in [-0.2, -0.15) is 0 Å². The number of aryl methyl sites for hydroxylation is 1. The Hall–Kier alpha value is -1.97. The van der Waals surface area contributed by atoms with Crippen molar-refractivity contribution in [2.75, 3.05) is 6.61 Å². The number of ether oxygens (including phenoxy) is 2. The Bertz CT molecular complexity index is 802. The van der Waals surface area contributed by atoms with E-state index in [-0.39, 0.29) is 5.88 Å². The maximum atomic E-state index is 10.2. The van der Waals surface area contributed by atoms with E-state index in [1.54, 1.807) is 0 Å². The average Bonchev–Trinajstić information content (AvgIpc) is 3.50. The summed E-state index contributed by atoms with van der Waals surface area (Å²) in [6.45, 7) is 1.37. The Morgan fingerprint density at radius 1 is 1.11 bits per heavy atom. The summed E-state index contributed by atoms with van der Waals surface area (Å²) in [4.78, 5) is 0. The molecule has 4 rings (SSSR count). The lowest BCUT2D eigenvalue weighted by Crippen LogP contribution is -2.60. The summed E-state index contributed by atoms with van der Waals surface area (Å²) >= 11 is 0. The molecule has 1 aromatic carbocycles. The van der Waals surface area contributed by atoms with Crippen molar-refractivity contribution in [3.05, 3.63) is 46.6 Å². The molecule has 5 N–H and O–H groups in total. The second-order valence-corrected chi connectivity index (χ2v) is 7.64. The van der Waals surface area contributed by atoms with Gasteiger partial charge in [0.1, 0.15) is 24.4 Å². The summed E-state index contributed by atoms with van der Waals surface area (Å²) < 4.78 is 11.1. The lowest BCUT2D eigenvalue weighted by atomic mass is 9.99. The zero-order chi connectivity index (χ0) is 19.8. The Morgan fingerprint density at radius 2 is 1.82 bits per heavy atom. The summed E-state index contributed by atoms with van der Waals surface area (Å²) in [5.41, 5.74) is 4.11. The molecular formula is C20H26N2O6. The summed E-state index contributed by atoms with van der Waals surface area (Å²) in [5, 5.41) is 46.3.